The summed E-state index contributed by atoms with van der Waals surface area (Å²) in [7, 11) is 1.56. The van der Waals surface area contributed by atoms with E-state index in [1.165, 1.54) is 6.21 Å². The third kappa shape index (κ3) is 2.81. The number of halogens is 1. The maximum absolute atomic E-state index is 6.16. The third-order valence-corrected chi connectivity index (χ3v) is 3.10. The molecule has 0 unspecified atom stereocenters. The zero-order valence-corrected chi connectivity index (χ0v) is 11.8. The monoisotopic (exact) mass is 287 g/mol. The Morgan fingerprint density at radius 2 is 2.10 bits per heavy atom. The molecular formula is C15H14ClN3O. The van der Waals surface area contributed by atoms with Gasteiger partial charge >= 0.3 is 0 Å². The highest BCUT2D eigenvalue weighted by Gasteiger charge is 2.14. The van der Waals surface area contributed by atoms with Crippen LogP contribution in [0.15, 0.2) is 48.1 Å². The molecule has 0 radical (unpaired) electrons. The fraction of sp³-hybridized carbons (Fsp3) is 0.0667. The molecule has 0 fully saturated rings. The lowest BCUT2D eigenvalue weighted by atomic mass is 10.0. The number of methoxy groups -OCH3 is 1. The molecular weight excluding hydrogens is 274 g/mol. The number of hydrogen-bond donors (Lipinski definition) is 1. The number of nitrogens with zero attached hydrogens (tertiary/aromatic N) is 2. The second-order valence-corrected chi connectivity index (χ2v) is 4.43. The fourth-order valence-corrected chi connectivity index (χ4v) is 2.00. The lowest BCUT2D eigenvalue weighted by molar-refractivity contribution is 0.371. The van der Waals surface area contributed by atoms with E-state index in [2.05, 4.69) is 16.7 Å². The van der Waals surface area contributed by atoms with Gasteiger partial charge < -0.3 is 10.6 Å². The second kappa shape index (κ2) is 6.21. The average Bonchev–Trinajstić information content (AvgIpc) is 2.49. The van der Waals surface area contributed by atoms with Crippen molar-refractivity contribution in [1.29, 1.82) is 0 Å². The minimum Gasteiger partial charge on any atom is -0.497 e. The summed E-state index contributed by atoms with van der Waals surface area (Å²) in [6, 6.07) is 11.5. The predicted molar refractivity (Wildman–Crippen MR) is 82.5 cm³/mol. The molecule has 0 spiro atoms. The van der Waals surface area contributed by atoms with Crippen molar-refractivity contribution >= 4 is 23.6 Å². The molecule has 0 aliphatic carbocycles. The molecule has 2 N–H and O–H groups in total. The Kier molecular flexibility index (Phi) is 4.38. The summed E-state index contributed by atoms with van der Waals surface area (Å²) >= 11 is 6.16. The van der Waals surface area contributed by atoms with Gasteiger partial charge in [0.2, 0.25) is 0 Å². The molecule has 1 heterocycles. The van der Waals surface area contributed by atoms with Crippen molar-refractivity contribution in [2.24, 2.45) is 10.9 Å². The minimum atomic E-state index is 0.437. The number of ether oxygens (including phenoxy) is 1. The van der Waals surface area contributed by atoms with Crippen LogP contribution in [0.5, 0.6) is 0 Å². The SMILES string of the molecule is C=C(OC)c1cc(Cl)c(/C=N/N)nc1-c1ccccc1. The molecule has 102 valence electrons. The molecule has 0 bridgehead atoms. The smallest absolute Gasteiger partial charge is 0.121 e. The van der Waals surface area contributed by atoms with E-state index >= 15 is 0 Å². The van der Waals surface area contributed by atoms with E-state index in [1.54, 1.807) is 13.2 Å². The van der Waals surface area contributed by atoms with Crippen molar-refractivity contribution in [2.45, 2.75) is 0 Å². The van der Waals surface area contributed by atoms with E-state index in [0.29, 0.717) is 16.5 Å². The standard InChI is InChI=1S/C15H14ClN3O/c1-10(20-2)12-8-13(16)14(9-18-17)19-15(12)11-6-4-3-5-7-11/h3-9H,1,17H2,2H3/b18-9+. The molecule has 1 aromatic carbocycles. The molecule has 0 saturated carbocycles. The molecule has 0 atom stereocenters. The summed E-state index contributed by atoms with van der Waals surface area (Å²) in [5, 5.41) is 3.91. The topological polar surface area (TPSA) is 60.5 Å². The summed E-state index contributed by atoms with van der Waals surface area (Å²) < 4.78 is 5.20. The Hall–Kier alpha value is -2.33. The van der Waals surface area contributed by atoms with Gasteiger partial charge in [0.1, 0.15) is 11.5 Å². The normalized spacial score (nSPS) is 10.7. The van der Waals surface area contributed by atoms with Crippen LogP contribution in [0.4, 0.5) is 0 Å². The molecule has 1 aromatic heterocycles. The largest absolute Gasteiger partial charge is 0.497 e. The van der Waals surface area contributed by atoms with Crippen molar-refractivity contribution < 1.29 is 4.74 Å². The fourth-order valence-electron chi connectivity index (χ4n) is 1.80. The van der Waals surface area contributed by atoms with Crippen molar-refractivity contribution in [3.63, 3.8) is 0 Å². The quantitative estimate of drug-likeness (QED) is 0.406. The van der Waals surface area contributed by atoms with Gasteiger partial charge in [0.05, 0.1) is 24.0 Å². The van der Waals surface area contributed by atoms with Crippen LogP contribution in [-0.2, 0) is 4.74 Å². The molecule has 5 heteroatoms. The Bertz CT molecular complexity index is 654. The van der Waals surface area contributed by atoms with Gasteiger partial charge in [-0.15, -0.1) is 0 Å². The van der Waals surface area contributed by atoms with Gasteiger partial charge in [0, 0.05) is 11.1 Å². The molecule has 2 aromatic rings. The first-order valence-electron chi connectivity index (χ1n) is 5.90. The predicted octanol–water partition coefficient (Wildman–Crippen LogP) is 3.31. The van der Waals surface area contributed by atoms with Crippen LogP contribution in [0.25, 0.3) is 17.0 Å². The Labute approximate surface area is 122 Å². The summed E-state index contributed by atoms with van der Waals surface area (Å²) in [6.45, 7) is 3.87. The maximum atomic E-state index is 6.16. The summed E-state index contributed by atoms with van der Waals surface area (Å²) in [5.41, 5.74) is 2.89. The van der Waals surface area contributed by atoms with Crippen molar-refractivity contribution in [3.8, 4) is 11.3 Å². The zero-order chi connectivity index (χ0) is 14.5. The molecule has 2 rings (SSSR count). The first-order chi connectivity index (χ1) is 9.67. The number of hydrogen-bond acceptors (Lipinski definition) is 4. The number of hydrazone groups is 1. The van der Waals surface area contributed by atoms with Gasteiger partial charge in [0.15, 0.2) is 0 Å². The van der Waals surface area contributed by atoms with Crippen molar-refractivity contribution in [1.82, 2.24) is 4.98 Å². The highest BCUT2D eigenvalue weighted by molar-refractivity contribution is 6.33. The Morgan fingerprint density at radius 3 is 2.70 bits per heavy atom. The Balaban J connectivity index is 2.68. The molecule has 4 nitrogen and oxygen atoms in total. The molecule has 0 saturated heterocycles. The molecule has 20 heavy (non-hydrogen) atoms. The Morgan fingerprint density at radius 1 is 1.40 bits per heavy atom. The molecule has 0 aliphatic rings. The lowest BCUT2D eigenvalue weighted by Crippen LogP contribution is -2.00. The number of rotatable bonds is 4. The number of pyridine rings is 1. The van der Waals surface area contributed by atoms with Gasteiger partial charge in [-0.05, 0) is 6.07 Å². The van der Waals surface area contributed by atoms with Gasteiger partial charge in [-0.1, -0.05) is 48.5 Å². The van der Waals surface area contributed by atoms with Crippen LogP contribution in [0.1, 0.15) is 11.3 Å². The number of nitrogens with two attached hydrogens (primary N) is 1. The summed E-state index contributed by atoms with van der Waals surface area (Å²) in [5.74, 6) is 5.67. The van der Waals surface area contributed by atoms with E-state index in [0.717, 1.165) is 16.8 Å². The van der Waals surface area contributed by atoms with Crippen LogP contribution in [-0.4, -0.2) is 18.3 Å². The van der Waals surface area contributed by atoms with Crippen LogP contribution in [0, 0.1) is 0 Å². The first kappa shape index (κ1) is 14.1. The number of aromatic nitrogens is 1. The third-order valence-electron chi connectivity index (χ3n) is 2.79. The first-order valence-corrected chi connectivity index (χ1v) is 6.27. The summed E-state index contributed by atoms with van der Waals surface area (Å²) in [6.07, 6.45) is 1.41. The van der Waals surface area contributed by atoms with Crippen LogP contribution in [0.3, 0.4) is 0 Å². The van der Waals surface area contributed by atoms with Gasteiger partial charge in [-0.25, -0.2) is 4.98 Å². The second-order valence-electron chi connectivity index (χ2n) is 4.02. The van der Waals surface area contributed by atoms with Crippen LogP contribution >= 0.6 is 11.6 Å². The van der Waals surface area contributed by atoms with Gasteiger partial charge in [-0.3, -0.25) is 0 Å². The summed E-state index contributed by atoms with van der Waals surface area (Å²) in [4.78, 5) is 4.50. The highest BCUT2D eigenvalue weighted by Crippen LogP contribution is 2.30. The highest BCUT2D eigenvalue weighted by atomic mass is 35.5. The van der Waals surface area contributed by atoms with Gasteiger partial charge in [-0.2, -0.15) is 5.10 Å². The average molecular weight is 288 g/mol. The molecule has 0 aliphatic heterocycles. The van der Waals surface area contributed by atoms with E-state index in [-0.39, 0.29) is 0 Å². The van der Waals surface area contributed by atoms with E-state index < -0.39 is 0 Å². The van der Waals surface area contributed by atoms with Crippen LogP contribution in [0.2, 0.25) is 5.02 Å². The van der Waals surface area contributed by atoms with Crippen molar-refractivity contribution in [2.75, 3.05) is 7.11 Å². The minimum absolute atomic E-state index is 0.437. The van der Waals surface area contributed by atoms with Crippen molar-refractivity contribution in [3.05, 3.63) is 59.3 Å². The zero-order valence-electron chi connectivity index (χ0n) is 11.0. The number of benzene rings is 1. The van der Waals surface area contributed by atoms with E-state index in [9.17, 15) is 0 Å². The van der Waals surface area contributed by atoms with E-state index in [4.69, 9.17) is 22.2 Å². The lowest BCUT2D eigenvalue weighted by Gasteiger charge is -2.12. The maximum Gasteiger partial charge on any atom is 0.121 e. The van der Waals surface area contributed by atoms with Gasteiger partial charge in [0.25, 0.3) is 0 Å². The van der Waals surface area contributed by atoms with Crippen LogP contribution < -0.4 is 5.84 Å². The molecule has 0 amide bonds. The van der Waals surface area contributed by atoms with E-state index in [1.807, 2.05) is 30.3 Å².